The van der Waals surface area contributed by atoms with Crippen molar-refractivity contribution in [3.63, 3.8) is 0 Å². The number of aromatic nitrogens is 1. The third kappa shape index (κ3) is 3.76. The van der Waals surface area contributed by atoms with E-state index in [1.807, 2.05) is 0 Å². The highest BCUT2D eigenvalue weighted by atomic mass is 31.2. The lowest BCUT2D eigenvalue weighted by Gasteiger charge is -2.26. The molecule has 120 valence electrons. The van der Waals surface area contributed by atoms with Crippen LogP contribution in [0.5, 0.6) is 0 Å². The monoisotopic (exact) mass is 331 g/mol. The van der Waals surface area contributed by atoms with Crippen molar-refractivity contribution in [2.45, 2.75) is 18.5 Å². The second-order valence-corrected chi connectivity index (χ2v) is 7.35. The third-order valence-corrected chi connectivity index (χ3v) is 5.74. The smallest absolute Gasteiger partial charge is 0.312 e. The van der Waals surface area contributed by atoms with E-state index in [1.165, 1.54) is 18.3 Å². The van der Waals surface area contributed by atoms with Gasteiger partial charge in [-0.25, -0.2) is 0 Å². The lowest BCUT2D eigenvalue weighted by molar-refractivity contribution is -0.138. The summed E-state index contributed by atoms with van der Waals surface area (Å²) in [4.78, 5) is 26.4. The number of benzene rings is 1. The van der Waals surface area contributed by atoms with Gasteiger partial charge in [0.05, 0.1) is 11.6 Å². The van der Waals surface area contributed by atoms with Crippen LogP contribution in [-0.2, 0) is 9.36 Å². The van der Waals surface area contributed by atoms with Gasteiger partial charge in [0.2, 0.25) is 0 Å². The van der Waals surface area contributed by atoms with Crippen LogP contribution in [0.15, 0.2) is 66.9 Å². The number of carboxylic acids is 1. The molecule has 0 saturated carbocycles. The second kappa shape index (κ2) is 7.36. The van der Waals surface area contributed by atoms with E-state index in [2.05, 4.69) is 4.98 Å². The summed E-state index contributed by atoms with van der Waals surface area (Å²) >= 11 is 0. The number of carbonyl (C=O) groups is 1. The highest BCUT2D eigenvalue weighted by molar-refractivity contribution is 7.66. The molecule has 1 heterocycles. The third-order valence-electron chi connectivity index (χ3n) is 3.54. The van der Waals surface area contributed by atoms with Crippen LogP contribution in [0.4, 0.5) is 0 Å². The SMILES string of the molecule is C/C=C\C(C(C(=O)O)c1ccccc1)P(=O)(O)c1ccccn1. The normalized spacial score (nSPS) is 16.6. The van der Waals surface area contributed by atoms with Gasteiger partial charge in [0.15, 0.2) is 0 Å². The van der Waals surface area contributed by atoms with Gasteiger partial charge in [-0.15, -0.1) is 0 Å². The molecule has 0 spiro atoms. The van der Waals surface area contributed by atoms with Crippen molar-refractivity contribution >= 4 is 18.8 Å². The van der Waals surface area contributed by atoms with E-state index in [4.69, 9.17) is 0 Å². The Morgan fingerprint density at radius 2 is 1.83 bits per heavy atom. The molecule has 0 fully saturated rings. The first kappa shape index (κ1) is 17.1. The van der Waals surface area contributed by atoms with Crippen LogP contribution < -0.4 is 5.44 Å². The number of hydrogen-bond donors (Lipinski definition) is 2. The zero-order valence-corrected chi connectivity index (χ0v) is 13.5. The van der Waals surface area contributed by atoms with Crippen LogP contribution in [0, 0.1) is 0 Å². The molecule has 0 radical (unpaired) electrons. The Morgan fingerprint density at radius 3 is 2.35 bits per heavy atom. The molecule has 1 aromatic carbocycles. The summed E-state index contributed by atoms with van der Waals surface area (Å²) in [5.41, 5.74) is -0.610. The van der Waals surface area contributed by atoms with Crippen LogP contribution in [0.2, 0.25) is 0 Å². The van der Waals surface area contributed by atoms with E-state index < -0.39 is 24.9 Å². The molecule has 0 aliphatic carbocycles. The molecule has 0 saturated heterocycles. The molecule has 0 amide bonds. The summed E-state index contributed by atoms with van der Waals surface area (Å²) in [6.45, 7) is 1.69. The minimum Gasteiger partial charge on any atom is -0.481 e. The fourth-order valence-corrected chi connectivity index (χ4v) is 4.42. The summed E-state index contributed by atoms with van der Waals surface area (Å²) in [5.74, 6) is -2.28. The van der Waals surface area contributed by atoms with Gasteiger partial charge < -0.3 is 10.00 Å². The highest BCUT2D eigenvalue weighted by Crippen LogP contribution is 2.51. The summed E-state index contributed by atoms with van der Waals surface area (Å²) in [5, 5.41) is 9.65. The lowest BCUT2D eigenvalue weighted by Crippen LogP contribution is -2.29. The first-order chi connectivity index (χ1) is 11.0. The Bertz CT molecular complexity index is 731. The molecular formula is C17H18NO4P. The van der Waals surface area contributed by atoms with E-state index in [1.54, 1.807) is 55.5 Å². The average molecular weight is 331 g/mol. The summed E-state index contributed by atoms with van der Waals surface area (Å²) in [6.07, 6.45) is 4.49. The van der Waals surface area contributed by atoms with E-state index in [0.717, 1.165) is 0 Å². The minimum atomic E-state index is -4.03. The van der Waals surface area contributed by atoms with Crippen LogP contribution in [-0.4, -0.2) is 26.6 Å². The zero-order chi connectivity index (χ0) is 16.9. The van der Waals surface area contributed by atoms with Gasteiger partial charge in [-0.05, 0) is 24.6 Å². The van der Waals surface area contributed by atoms with Gasteiger partial charge in [-0.3, -0.25) is 14.3 Å². The number of hydrogen-bond acceptors (Lipinski definition) is 3. The Labute approximate surface area is 134 Å². The molecule has 5 nitrogen and oxygen atoms in total. The number of aliphatic carboxylic acids is 1. The molecule has 2 rings (SSSR count). The van der Waals surface area contributed by atoms with Gasteiger partial charge in [0.25, 0.3) is 7.37 Å². The molecule has 3 unspecified atom stereocenters. The lowest BCUT2D eigenvalue weighted by atomic mass is 9.95. The average Bonchev–Trinajstić information content (AvgIpc) is 2.56. The molecule has 3 atom stereocenters. The highest BCUT2D eigenvalue weighted by Gasteiger charge is 2.42. The van der Waals surface area contributed by atoms with Gasteiger partial charge in [0.1, 0.15) is 5.44 Å². The van der Waals surface area contributed by atoms with Crippen LogP contribution in [0.25, 0.3) is 0 Å². The summed E-state index contributed by atoms with van der Waals surface area (Å²) in [6, 6.07) is 13.2. The van der Waals surface area contributed by atoms with Crippen molar-refractivity contribution in [3.05, 3.63) is 72.4 Å². The van der Waals surface area contributed by atoms with E-state index in [0.29, 0.717) is 5.56 Å². The molecule has 0 aliphatic rings. The van der Waals surface area contributed by atoms with Crippen molar-refractivity contribution in [1.29, 1.82) is 0 Å². The maximum Gasteiger partial charge on any atom is 0.312 e. The zero-order valence-electron chi connectivity index (χ0n) is 12.6. The molecule has 6 heteroatoms. The van der Waals surface area contributed by atoms with E-state index in [9.17, 15) is 19.4 Å². The Morgan fingerprint density at radius 1 is 1.17 bits per heavy atom. The quantitative estimate of drug-likeness (QED) is 0.628. The predicted octanol–water partition coefficient (Wildman–Crippen LogP) is 2.79. The van der Waals surface area contributed by atoms with Crippen molar-refractivity contribution < 1.29 is 19.4 Å². The molecular weight excluding hydrogens is 313 g/mol. The number of pyridine rings is 1. The standard InChI is InChI=1S/C17H18NO4P/c1-2-8-14(23(21,22)15-11-6-7-12-18-15)16(17(19)20)13-9-4-3-5-10-13/h2-12,14,16H,1H3,(H,19,20)(H,21,22)/b8-2-. The van der Waals surface area contributed by atoms with Crippen LogP contribution in [0.3, 0.4) is 0 Å². The molecule has 2 N–H and O–H groups in total. The fraction of sp³-hybridized carbons (Fsp3) is 0.176. The van der Waals surface area contributed by atoms with Crippen molar-refractivity contribution in [1.82, 2.24) is 4.98 Å². The first-order valence-corrected chi connectivity index (χ1v) is 8.86. The maximum absolute atomic E-state index is 13.0. The minimum absolute atomic E-state index is 0.00489. The largest absolute Gasteiger partial charge is 0.481 e. The number of nitrogens with zero attached hydrogens (tertiary/aromatic N) is 1. The van der Waals surface area contributed by atoms with E-state index in [-0.39, 0.29) is 5.44 Å². The predicted molar refractivity (Wildman–Crippen MR) is 89.1 cm³/mol. The van der Waals surface area contributed by atoms with Gasteiger partial charge in [-0.2, -0.15) is 0 Å². The number of carboxylic acid groups (broad SMARTS) is 1. The topological polar surface area (TPSA) is 87.5 Å². The van der Waals surface area contributed by atoms with Gasteiger partial charge >= 0.3 is 5.97 Å². The first-order valence-electron chi connectivity index (χ1n) is 7.13. The van der Waals surface area contributed by atoms with Crippen molar-refractivity contribution in [3.8, 4) is 0 Å². The van der Waals surface area contributed by atoms with Crippen LogP contribution >= 0.6 is 7.37 Å². The maximum atomic E-state index is 13.0. The fourth-order valence-electron chi connectivity index (χ4n) is 2.47. The van der Waals surface area contributed by atoms with Crippen LogP contribution in [0.1, 0.15) is 18.4 Å². The van der Waals surface area contributed by atoms with Crippen molar-refractivity contribution in [2.75, 3.05) is 0 Å². The summed E-state index contributed by atoms with van der Waals surface area (Å²) < 4.78 is 13.0. The second-order valence-electron chi connectivity index (χ2n) is 5.05. The number of allylic oxidation sites excluding steroid dienone is 2. The Kier molecular flexibility index (Phi) is 5.48. The van der Waals surface area contributed by atoms with E-state index >= 15 is 0 Å². The number of rotatable bonds is 6. The van der Waals surface area contributed by atoms with Gasteiger partial charge in [0, 0.05) is 6.20 Å². The van der Waals surface area contributed by atoms with Gasteiger partial charge in [-0.1, -0.05) is 48.6 Å². The molecule has 0 bridgehead atoms. The molecule has 23 heavy (non-hydrogen) atoms. The van der Waals surface area contributed by atoms with Crippen molar-refractivity contribution in [2.24, 2.45) is 0 Å². The Balaban J connectivity index is 2.56. The Hall–Kier alpha value is -2.23. The molecule has 0 aliphatic heterocycles. The summed E-state index contributed by atoms with van der Waals surface area (Å²) in [7, 11) is -4.03. The molecule has 1 aromatic heterocycles. The molecule has 2 aromatic rings.